The van der Waals surface area contributed by atoms with Gasteiger partial charge in [0, 0.05) is 11.1 Å². The van der Waals surface area contributed by atoms with Gasteiger partial charge in [0.2, 0.25) is 5.78 Å². The molecule has 11 heteroatoms. The lowest BCUT2D eigenvalue weighted by Gasteiger charge is -2.12. The molecular formula is C25H13Br5O6. The van der Waals surface area contributed by atoms with Crippen molar-refractivity contribution in [3.63, 3.8) is 0 Å². The maximum absolute atomic E-state index is 13.6. The first-order valence-corrected chi connectivity index (χ1v) is 13.9. The number of hydrogen-bond donors (Lipinski definition) is 2. The van der Waals surface area contributed by atoms with Crippen LogP contribution in [0.3, 0.4) is 0 Å². The van der Waals surface area contributed by atoms with Crippen LogP contribution in [0.15, 0.2) is 76.2 Å². The maximum atomic E-state index is 13.6. The zero-order valence-electron chi connectivity index (χ0n) is 18.0. The summed E-state index contributed by atoms with van der Waals surface area (Å²) in [6.45, 7) is 0. The summed E-state index contributed by atoms with van der Waals surface area (Å²) in [5.41, 5.74) is 1.41. The number of phenolic OH excluding ortho intramolecular Hbond substituents is 2. The lowest BCUT2D eigenvalue weighted by Crippen LogP contribution is -2.11. The highest BCUT2D eigenvalue weighted by Gasteiger charge is 2.37. The van der Waals surface area contributed by atoms with Crippen LogP contribution in [-0.4, -0.2) is 29.1 Å². The molecule has 0 atom stereocenters. The molecule has 36 heavy (non-hydrogen) atoms. The third kappa shape index (κ3) is 5.22. The van der Waals surface area contributed by atoms with Crippen molar-refractivity contribution in [1.82, 2.24) is 0 Å². The number of rotatable bonds is 5. The van der Waals surface area contributed by atoms with Crippen LogP contribution < -0.4 is 4.74 Å². The van der Waals surface area contributed by atoms with Crippen LogP contribution in [0.25, 0.3) is 11.6 Å². The number of methoxy groups -OCH3 is 1. The fourth-order valence-corrected chi connectivity index (χ4v) is 6.64. The van der Waals surface area contributed by atoms with E-state index in [0.717, 1.165) is 0 Å². The van der Waals surface area contributed by atoms with Crippen LogP contribution >= 0.6 is 79.6 Å². The molecule has 0 bridgehead atoms. The number of esters is 1. The summed E-state index contributed by atoms with van der Waals surface area (Å²) in [7, 11) is 1.52. The van der Waals surface area contributed by atoms with E-state index in [9.17, 15) is 19.8 Å². The van der Waals surface area contributed by atoms with Gasteiger partial charge in [-0.05, 0) is 139 Å². The third-order valence-electron chi connectivity index (χ3n) is 5.17. The molecule has 6 nitrogen and oxygen atoms in total. The smallest absolute Gasteiger partial charge is 0.348 e. The minimum absolute atomic E-state index is 0.0214. The average Bonchev–Trinajstić information content (AvgIpc) is 3.13. The quantitative estimate of drug-likeness (QED) is 0.154. The van der Waals surface area contributed by atoms with Crippen LogP contribution in [0.4, 0.5) is 0 Å². The number of carbonyl (C=O) groups excluding carboxylic acids is 2. The van der Waals surface area contributed by atoms with E-state index in [2.05, 4.69) is 79.6 Å². The van der Waals surface area contributed by atoms with Gasteiger partial charge in [-0.1, -0.05) is 0 Å². The second kappa shape index (κ2) is 10.8. The highest BCUT2D eigenvalue weighted by atomic mass is 79.9. The Morgan fingerprint density at radius 1 is 0.889 bits per heavy atom. The van der Waals surface area contributed by atoms with Crippen molar-refractivity contribution in [2.45, 2.75) is 0 Å². The number of Topliss-reactive ketones (excluding diaryl/α,β-unsaturated/α-hetero) is 1. The van der Waals surface area contributed by atoms with Crippen LogP contribution in [0.1, 0.15) is 21.5 Å². The molecule has 0 saturated carbocycles. The highest BCUT2D eigenvalue weighted by Crippen LogP contribution is 2.43. The van der Waals surface area contributed by atoms with Crippen molar-refractivity contribution >= 4 is 103 Å². The third-order valence-corrected chi connectivity index (χ3v) is 8.19. The minimum Gasteiger partial charge on any atom is -0.507 e. The topological polar surface area (TPSA) is 93.1 Å². The van der Waals surface area contributed by atoms with E-state index in [1.807, 2.05) is 0 Å². The molecule has 3 aromatic carbocycles. The van der Waals surface area contributed by atoms with Crippen molar-refractivity contribution in [2.24, 2.45) is 0 Å². The number of phenols is 2. The van der Waals surface area contributed by atoms with Gasteiger partial charge in [-0.3, -0.25) is 4.79 Å². The number of aromatic hydroxyl groups is 2. The Hall–Kier alpha value is -1.92. The molecule has 2 N–H and O–H groups in total. The molecule has 3 aromatic rings. The Morgan fingerprint density at radius 2 is 1.50 bits per heavy atom. The molecule has 0 aliphatic carbocycles. The number of halogens is 5. The Balaban J connectivity index is 1.98. The number of carbonyl (C=O) groups is 2. The molecule has 0 aromatic heterocycles. The first-order valence-electron chi connectivity index (χ1n) is 9.95. The van der Waals surface area contributed by atoms with Gasteiger partial charge in [0.1, 0.15) is 28.6 Å². The average molecular weight is 809 g/mol. The van der Waals surface area contributed by atoms with Crippen molar-refractivity contribution in [2.75, 3.05) is 7.11 Å². The molecule has 0 radical (unpaired) electrons. The van der Waals surface area contributed by atoms with Crippen LogP contribution in [0.5, 0.6) is 17.2 Å². The molecule has 1 aliphatic heterocycles. The predicted molar refractivity (Wildman–Crippen MR) is 153 cm³/mol. The first kappa shape index (κ1) is 27.1. The molecule has 0 spiro atoms. The van der Waals surface area contributed by atoms with E-state index in [1.54, 1.807) is 30.3 Å². The number of cyclic esters (lactones) is 1. The second-order valence-corrected chi connectivity index (χ2v) is 11.7. The van der Waals surface area contributed by atoms with Gasteiger partial charge >= 0.3 is 5.97 Å². The molecule has 4 rings (SSSR count). The molecule has 0 unspecified atom stereocenters. The van der Waals surface area contributed by atoms with Gasteiger partial charge in [0.05, 0.1) is 29.5 Å². The van der Waals surface area contributed by atoms with Gasteiger partial charge in [-0.2, -0.15) is 0 Å². The van der Waals surface area contributed by atoms with E-state index in [-0.39, 0.29) is 34.0 Å². The van der Waals surface area contributed by atoms with Crippen molar-refractivity contribution < 1.29 is 29.3 Å². The molecule has 1 aliphatic rings. The zero-order chi connectivity index (χ0) is 26.3. The molecule has 1 heterocycles. The van der Waals surface area contributed by atoms with Crippen LogP contribution in [-0.2, 0) is 9.53 Å². The molecular weight excluding hydrogens is 796 g/mol. The number of allylic oxidation sites excluding steroid dienone is 1. The highest BCUT2D eigenvalue weighted by molar-refractivity contribution is 9.11. The van der Waals surface area contributed by atoms with Gasteiger partial charge in [0.15, 0.2) is 0 Å². The Bertz CT molecular complexity index is 1460. The number of ketones is 1. The maximum Gasteiger partial charge on any atom is 0.348 e. The normalized spacial score (nSPS) is 14.4. The summed E-state index contributed by atoms with van der Waals surface area (Å²) < 4.78 is 13.3. The van der Waals surface area contributed by atoms with Gasteiger partial charge in [0.25, 0.3) is 0 Å². The Morgan fingerprint density at radius 3 is 2.06 bits per heavy atom. The molecule has 0 fully saturated rings. The van der Waals surface area contributed by atoms with Crippen molar-refractivity contribution in [1.29, 1.82) is 0 Å². The zero-order valence-corrected chi connectivity index (χ0v) is 26.0. The van der Waals surface area contributed by atoms with Crippen LogP contribution in [0, 0.1) is 0 Å². The fraction of sp³-hybridized carbons (Fsp3) is 0.0400. The second-order valence-electron chi connectivity index (χ2n) is 7.45. The lowest BCUT2D eigenvalue weighted by molar-refractivity contribution is -0.132. The van der Waals surface area contributed by atoms with E-state index in [0.29, 0.717) is 39.2 Å². The minimum atomic E-state index is -0.814. The van der Waals surface area contributed by atoms with Gasteiger partial charge in [-0.15, -0.1) is 0 Å². The van der Waals surface area contributed by atoms with Crippen LogP contribution in [0.2, 0.25) is 0 Å². The fourth-order valence-electron chi connectivity index (χ4n) is 3.53. The van der Waals surface area contributed by atoms with E-state index in [4.69, 9.17) is 9.47 Å². The number of hydrogen-bond acceptors (Lipinski definition) is 6. The summed E-state index contributed by atoms with van der Waals surface area (Å²) >= 11 is 16.7. The Kier molecular flexibility index (Phi) is 8.16. The summed E-state index contributed by atoms with van der Waals surface area (Å²) in [5, 5.41) is 19.9. The monoisotopic (exact) mass is 804 g/mol. The number of ether oxygens (including phenoxy) is 2. The van der Waals surface area contributed by atoms with Gasteiger partial charge < -0.3 is 19.7 Å². The predicted octanol–water partition coefficient (Wildman–Crippen LogP) is 8.15. The standard InChI is InChI=1S/C25H13Br5O6/c1-35-24-16(29)8-12(9-17(24)30)20-19(6-10-4-14(27)23(33)15(28)5-10)36-25(34)21(20)22(32)11-2-3-18(31)13(26)7-11/h2-9,31,33H,1H3/b19-6-. The molecule has 0 amide bonds. The lowest BCUT2D eigenvalue weighted by atomic mass is 9.93. The summed E-state index contributed by atoms with van der Waals surface area (Å²) in [6.07, 6.45) is 1.60. The van der Waals surface area contributed by atoms with E-state index >= 15 is 0 Å². The summed E-state index contributed by atoms with van der Waals surface area (Å²) in [5.74, 6) is -0.720. The largest absolute Gasteiger partial charge is 0.507 e. The van der Waals surface area contributed by atoms with Crippen molar-refractivity contribution in [3.05, 3.63) is 92.9 Å². The van der Waals surface area contributed by atoms with E-state index in [1.165, 1.54) is 25.3 Å². The first-order chi connectivity index (χ1) is 17.0. The SMILES string of the molecule is COc1c(Br)cc(C2=C(C(=O)c3ccc(O)c(Br)c3)C(=O)O/C2=C\c2cc(Br)c(O)c(Br)c2)cc1Br. The molecule has 184 valence electrons. The molecule has 0 saturated heterocycles. The van der Waals surface area contributed by atoms with Crippen molar-refractivity contribution in [3.8, 4) is 17.2 Å². The van der Waals surface area contributed by atoms with E-state index < -0.39 is 11.8 Å². The Labute approximate surface area is 247 Å². The van der Waals surface area contributed by atoms with Gasteiger partial charge in [-0.25, -0.2) is 4.79 Å². The number of benzene rings is 3. The summed E-state index contributed by atoms with van der Waals surface area (Å²) in [4.78, 5) is 26.7. The summed E-state index contributed by atoms with van der Waals surface area (Å²) in [6, 6.07) is 11.0.